The summed E-state index contributed by atoms with van der Waals surface area (Å²) in [6.45, 7) is 15.0. The fourth-order valence-electron chi connectivity index (χ4n) is 3.57. The number of thiazole rings is 1. The second-order valence-electron chi connectivity index (χ2n) is 6.56. The molecule has 1 aromatic rings. The van der Waals surface area contributed by atoms with E-state index < -0.39 is 0 Å². The molecule has 21 heavy (non-hydrogen) atoms. The van der Waals surface area contributed by atoms with E-state index in [1.165, 1.54) is 54.5 Å². The number of hydrogen-bond donors (Lipinski definition) is 1. The molecule has 3 atom stereocenters. The van der Waals surface area contributed by atoms with Crippen LogP contribution in [0.15, 0.2) is 0 Å². The topological polar surface area (TPSA) is 28.2 Å². The fourth-order valence-corrected chi connectivity index (χ4v) is 4.51. The van der Waals surface area contributed by atoms with Gasteiger partial charge < -0.3 is 10.2 Å². The van der Waals surface area contributed by atoms with E-state index in [0.717, 1.165) is 5.92 Å². The number of aryl methyl sites for hydroxylation is 2. The third-order valence-electron chi connectivity index (χ3n) is 4.63. The van der Waals surface area contributed by atoms with Gasteiger partial charge in [-0.15, -0.1) is 11.3 Å². The summed E-state index contributed by atoms with van der Waals surface area (Å²) in [5.41, 5.74) is 1.20. The zero-order chi connectivity index (χ0) is 15.4. The van der Waals surface area contributed by atoms with Crippen LogP contribution in [0.1, 0.15) is 61.7 Å². The summed E-state index contributed by atoms with van der Waals surface area (Å²) in [5.74, 6) is 0.780. The van der Waals surface area contributed by atoms with Crippen LogP contribution in [-0.4, -0.2) is 35.6 Å². The Balaban J connectivity index is 1.91. The minimum Gasteiger partial charge on any atom is -0.307 e. The Morgan fingerprint density at radius 2 is 2.14 bits per heavy atom. The molecule has 1 aromatic heterocycles. The number of nitrogens with zero attached hydrogens (tertiary/aromatic N) is 2. The van der Waals surface area contributed by atoms with Crippen LogP contribution in [0.25, 0.3) is 0 Å². The summed E-state index contributed by atoms with van der Waals surface area (Å²) < 4.78 is 0. The summed E-state index contributed by atoms with van der Waals surface area (Å²) in [5, 5.41) is 5.00. The van der Waals surface area contributed by atoms with E-state index in [9.17, 15) is 0 Å². The highest BCUT2D eigenvalue weighted by Crippen LogP contribution is 2.27. The minimum absolute atomic E-state index is 0.410. The molecule has 1 aliphatic heterocycles. The molecule has 0 aromatic carbocycles. The van der Waals surface area contributed by atoms with Crippen molar-refractivity contribution in [3.63, 3.8) is 0 Å². The Hall–Kier alpha value is -0.450. The Kier molecular flexibility index (Phi) is 6.20. The van der Waals surface area contributed by atoms with Crippen LogP contribution >= 0.6 is 11.3 Å². The predicted octanol–water partition coefficient (Wildman–Crippen LogP) is 3.92. The van der Waals surface area contributed by atoms with Gasteiger partial charge in [-0.25, -0.2) is 4.98 Å². The van der Waals surface area contributed by atoms with Gasteiger partial charge in [0.15, 0.2) is 0 Å². The standard InChI is InChI=1S/C17H31N3S/c1-6-9-20-10-7-8-16(11-20)12(2)18-13(3)17-14(4)19-15(5)21-17/h12-13,16,18H,6-11H2,1-5H3. The molecular formula is C17H31N3S. The van der Waals surface area contributed by atoms with Crippen LogP contribution in [0.2, 0.25) is 0 Å². The van der Waals surface area contributed by atoms with Crippen LogP contribution in [0.5, 0.6) is 0 Å². The average molecular weight is 310 g/mol. The molecular weight excluding hydrogens is 278 g/mol. The Bertz CT molecular complexity index is 441. The SMILES string of the molecule is CCCN1CCCC(C(C)NC(C)c2sc(C)nc2C)C1. The van der Waals surface area contributed by atoms with Crippen molar-refractivity contribution in [2.75, 3.05) is 19.6 Å². The van der Waals surface area contributed by atoms with Gasteiger partial charge in [0.05, 0.1) is 10.7 Å². The summed E-state index contributed by atoms with van der Waals surface area (Å²) in [7, 11) is 0. The zero-order valence-electron chi connectivity index (χ0n) is 14.3. The van der Waals surface area contributed by atoms with E-state index in [4.69, 9.17) is 0 Å². The van der Waals surface area contributed by atoms with E-state index >= 15 is 0 Å². The first-order valence-electron chi connectivity index (χ1n) is 8.43. The molecule has 0 bridgehead atoms. The third-order valence-corrected chi connectivity index (χ3v) is 5.89. The van der Waals surface area contributed by atoms with Gasteiger partial charge in [0.25, 0.3) is 0 Å². The molecule has 0 spiro atoms. The molecule has 1 aliphatic rings. The predicted molar refractivity (Wildman–Crippen MR) is 92.1 cm³/mol. The van der Waals surface area contributed by atoms with Gasteiger partial charge in [0, 0.05) is 23.5 Å². The maximum Gasteiger partial charge on any atom is 0.0900 e. The van der Waals surface area contributed by atoms with E-state index in [2.05, 4.69) is 49.8 Å². The molecule has 1 fully saturated rings. The van der Waals surface area contributed by atoms with E-state index in [-0.39, 0.29) is 0 Å². The maximum absolute atomic E-state index is 4.56. The number of rotatable bonds is 6. The number of nitrogens with one attached hydrogen (secondary N) is 1. The van der Waals surface area contributed by atoms with Crippen LogP contribution in [0.4, 0.5) is 0 Å². The Morgan fingerprint density at radius 3 is 2.76 bits per heavy atom. The van der Waals surface area contributed by atoms with Gasteiger partial charge in [0.2, 0.25) is 0 Å². The number of likely N-dealkylation sites (tertiary alicyclic amines) is 1. The van der Waals surface area contributed by atoms with Crippen molar-refractivity contribution in [3.05, 3.63) is 15.6 Å². The van der Waals surface area contributed by atoms with Crippen LogP contribution < -0.4 is 5.32 Å². The second-order valence-corrected chi connectivity index (χ2v) is 7.80. The number of piperidine rings is 1. The van der Waals surface area contributed by atoms with Crippen molar-refractivity contribution in [1.82, 2.24) is 15.2 Å². The van der Waals surface area contributed by atoms with Crippen molar-refractivity contribution in [2.24, 2.45) is 5.92 Å². The first-order valence-corrected chi connectivity index (χ1v) is 9.25. The molecule has 2 rings (SSSR count). The first-order chi connectivity index (χ1) is 10.0. The number of aromatic nitrogens is 1. The smallest absolute Gasteiger partial charge is 0.0900 e. The summed E-state index contributed by atoms with van der Waals surface area (Å²) in [4.78, 5) is 8.60. The lowest BCUT2D eigenvalue weighted by atomic mass is 9.91. The monoisotopic (exact) mass is 309 g/mol. The van der Waals surface area contributed by atoms with E-state index in [0.29, 0.717) is 12.1 Å². The summed E-state index contributed by atoms with van der Waals surface area (Å²) >= 11 is 1.84. The lowest BCUT2D eigenvalue weighted by molar-refractivity contribution is 0.147. The summed E-state index contributed by atoms with van der Waals surface area (Å²) in [6, 6.07) is 0.981. The number of hydrogen-bond acceptors (Lipinski definition) is 4. The van der Waals surface area contributed by atoms with Crippen molar-refractivity contribution in [3.8, 4) is 0 Å². The molecule has 0 amide bonds. The largest absolute Gasteiger partial charge is 0.307 e. The lowest BCUT2D eigenvalue weighted by Crippen LogP contribution is -2.45. The van der Waals surface area contributed by atoms with Crippen LogP contribution in [0.3, 0.4) is 0 Å². The third kappa shape index (κ3) is 4.51. The summed E-state index contributed by atoms with van der Waals surface area (Å²) in [6.07, 6.45) is 3.98. The first kappa shape index (κ1) is 16.9. The van der Waals surface area contributed by atoms with Gasteiger partial charge in [-0.1, -0.05) is 6.92 Å². The van der Waals surface area contributed by atoms with Crippen LogP contribution in [0, 0.1) is 19.8 Å². The molecule has 4 heteroatoms. The van der Waals surface area contributed by atoms with E-state index in [1.807, 2.05) is 11.3 Å². The lowest BCUT2D eigenvalue weighted by Gasteiger charge is -2.37. The van der Waals surface area contributed by atoms with Gasteiger partial charge in [-0.2, -0.15) is 0 Å². The highest BCUT2D eigenvalue weighted by atomic mass is 32.1. The van der Waals surface area contributed by atoms with Crippen LogP contribution in [-0.2, 0) is 0 Å². The normalized spacial score (nSPS) is 23.2. The van der Waals surface area contributed by atoms with Crippen molar-refractivity contribution in [2.45, 2.75) is 66.0 Å². The highest BCUT2D eigenvalue weighted by Gasteiger charge is 2.26. The van der Waals surface area contributed by atoms with Gasteiger partial charge in [0.1, 0.15) is 0 Å². The van der Waals surface area contributed by atoms with Gasteiger partial charge in [-0.05, 0) is 66.0 Å². The quantitative estimate of drug-likeness (QED) is 0.863. The second kappa shape index (κ2) is 7.70. The molecule has 1 saturated heterocycles. The Labute approximate surface area is 134 Å². The van der Waals surface area contributed by atoms with Gasteiger partial charge >= 0.3 is 0 Å². The molecule has 0 aliphatic carbocycles. The van der Waals surface area contributed by atoms with Gasteiger partial charge in [-0.3, -0.25) is 0 Å². The van der Waals surface area contributed by atoms with Crippen molar-refractivity contribution in [1.29, 1.82) is 0 Å². The zero-order valence-corrected chi connectivity index (χ0v) is 15.1. The molecule has 3 unspecified atom stereocenters. The van der Waals surface area contributed by atoms with Crippen molar-refractivity contribution >= 4 is 11.3 Å². The molecule has 0 saturated carbocycles. The maximum atomic E-state index is 4.56. The molecule has 0 radical (unpaired) electrons. The fraction of sp³-hybridized carbons (Fsp3) is 0.824. The molecule has 3 nitrogen and oxygen atoms in total. The molecule has 1 N–H and O–H groups in total. The molecule has 2 heterocycles. The molecule has 120 valence electrons. The van der Waals surface area contributed by atoms with Crippen molar-refractivity contribution < 1.29 is 0 Å². The Morgan fingerprint density at radius 1 is 1.38 bits per heavy atom. The minimum atomic E-state index is 0.410. The highest BCUT2D eigenvalue weighted by molar-refractivity contribution is 7.11. The van der Waals surface area contributed by atoms with E-state index in [1.54, 1.807) is 0 Å². The average Bonchev–Trinajstić information content (AvgIpc) is 2.78.